The Labute approximate surface area is 252 Å². The number of carbonyl (C=O) groups excluding carboxylic acids is 2. The maximum Gasteiger partial charge on any atom is 0.508 e. The lowest BCUT2D eigenvalue weighted by molar-refractivity contribution is -0.119. The first kappa shape index (κ1) is 32.8. The fraction of sp³-hybridized carbons (Fsp3) is 0.824. The lowest BCUT2D eigenvalue weighted by Gasteiger charge is -2.57. The van der Waals surface area contributed by atoms with Gasteiger partial charge < -0.3 is 28.4 Å². The first-order valence-electron chi connectivity index (χ1n) is 15.8. The Bertz CT molecular complexity index is 1050. The third-order valence-electron chi connectivity index (χ3n) is 11.8. The van der Waals surface area contributed by atoms with Crippen molar-refractivity contribution in [1.29, 1.82) is 0 Å². The highest BCUT2D eigenvalue weighted by Crippen LogP contribution is 2.66. The number of methoxy groups -OCH3 is 3. The van der Waals surface area contributed by atoms with E-state index in [2.05, 4.69) is 53.7 Å². The van der Waals surface area contributed by atoms with E-state index in [0.29, 0.717) is 43.3 Å². The summed E-state index contributed by atoms with van der Waals surface area (Å²) in [5.41, 5.74) is 2.35. The number of hydrogen-bond donors (Lipinski definition) is 0. The molecule has 4 aliphatic carbocycles. The van der Waals surface area contributed by atoms with E-state index in [1.807, 2.05) is 0 Å². The van der Waals surface area contributed by atoms with Crippen molar-refractivity contribution in [3.05, 3.63) is 23.3 Å². The second kappa shape index (κ2) is 12.9. The average molecular weight is 591 g/mol. The van der Waals surface area contributed by atoms with Crippen molar-refractivity contribution in [2.24, 2.45) is 40.4 Å². The van der Waals surface area contributed by atoms with Gasteiger partial charge in [-0.15, -0.1) is 0 Å². The molecule has 0 spiro atoms. The van der Waals surface area contributed by atoms with Crippen LogP contribution in [0.2, 0.25) is 0 Å². The molecular weight excluding hydrogens is 536 g/mol. The molecule has 0 bridgehead atoms. The molecule has 0 heterocycles. The van der Waals surface area contributed by atoms with Crippen LogP contribution >= 0.6 is 0 Å². The Morgan fingerprint density at radius 1 is 0.976 bits per heavy atom. The Hall–Kier alpha value is -2.06. The molecule has 0 saturated heterocycles. The van der Waals surface area contributed by atoms with Crippen molar-refractivity contribution >= 4 is 12.3 Å². The van der Waals surface area contributed by atoms with Crippen LogP contribution in [0, 0.1) is 40.4 Å². The fourth-order valence-corrected chi connectivity index (χ4v) is 9.04. The summed E-state index contributed by atoms with van der Waals surface area (Å²) in [7, 11) is 4.31. The minimum Gasteiger partial charge on any atom is -0.438 e. The molecular formula is C34H54O8. The topological polar surface area (TPSA) is 89.5 Å². The first-order valence-corrected chi connectivity index (χ1v) is 15.8. The van der Waals surface area contributed by atoms with Crippen LogP contribution in [0.15, 0.2) is 23.3 Å². The normalized spacial score (nSPS) is 35.4. The van der Waals surface area contributed by atoms with Crippen LogP contribution in [0.25, 0.3) is 0 Å². The summed E-state index contributed by atoms with van der Waals surface area (Å²) in [5, 5.41) is 0. The molecule has 4 aliphatic rings. The van der Waals surface area contributed by atoms with Crippen molar-refractivity contribution in [1.82, 2.24) is 0 Å². The average Bonchev–Trinajstić information content (AvgIpc) is 3.32. The molecule has 3 fully saturated rings. The van der Waals surface area contributed by atoms with Crippen LogP contribution in [0.1, 0.15) is 92.9 Å². The molecule has 238 valence electrons. The molecule has 3 saturated carbocycles. The predicted molar refractivity (Wildman–Crippen MR) is 160 cm³/mol. The molecule has 9 atom stereocenters. The summed E-state index contributed by atoms with van der Waals surface area (Å²) >= 11 is 0. The Morgan fingerprint density at radius 2 is 1.67 bits per heavy atom. The Morgan fingerprint density at radius 3 is 2.33 bits per heavy atom. The zero-order chi connectivity index (χ0) is 30.9. The summed E-state index contributed by atoms with van der Waals surface area (Å²) in [4.78, 5) is 24.3. The van der Waals surface area contributed by atoms with E-state index in [9.17, 15) is 9.59 Å². The van der Waals surface area contributed by atoms with Gasteiger partial charge in [-0.1, -0.05) is 51.0 Å². The Kier molecular flexibility index (Phi) is 10.1. The summed E-state index contributed by atoms with van der Waals surface area (Å²) in [6.45, 7) is 14.3. The Balaban J connectivity index is 1.54. The maximum absolute atomic E-state index is 12.4. The number of carbonyl (C=O) groups is 2. The largest absolute Gasteiger partial charge is 0.508 e. The highest BCUT2D eigenvalue weighted by molar-refractivity contribution is 5.61. The van der Waals surface area contributed by atoms with Gasteiger partial charge >= 0.3 is 12.3 Å². The van der Waals surface area contributed by atoms with Gasteiger partial charge in [-0.3, -0.25) is 0 Å². The van der Waals surface area contributed by atoms with Crippen molar-refractivity contribution in [3.8, 4) is 0 Å². The van der Waals surface area contributed by atoms with Crippen LogP contribution in [-0.2, 0) is 28.4 Å². The molecule has 42 heavy (non-hydrogen) atoms. The van der Waals surface area contributed by atoms with Crippen LogP contribution in [0.5, 0.6) is 0 Å². The van der Waals surface area contributed by atoms with Crippen molar-refractivity contribution in [2.75, 3.05) is 28.1 Å². The second-order valence-corrected chi connectivity index (χ2v) is 14.4. The van der Waals surface area contributed by atoms with Crippen molar-refractivity contribution < 1.29 is 38.0 Å². The standard InChI is InChI=1S/C34H54O8/c1-21(14-16-32(3,4)40-20-37-7)22(2)26-12-13-27-25-11-10-23-18-24(41-30(35)38-8)19-29(42-31(36)39-9)34(23,6)28(25)15-17-33(26,27)5/h10-11,21-22,24,26-29H,12-20H2,1-9H3/t21-,22+,24-,26-,27+,28+,29+,33-,34+/m1/s1. The number of fused-ring (bicyclic) bond motifs is 5. The molecule has 4 rings (SSSR count). The zero-order valence-electron chi connectivity index (χ0n) is 27.3. The number of rotatable bonds is 10. The van der Waals surface area contributed by atoms with Gasteiger partial charge in [0.1, 0.15) is 19.0 Å². The van der Waals surface area contributed by atoms with Gasteiger partial charge in [-0.2, -0.15) is 0 Å². The van der Waals surface area contributed by atoms with E-state index >= 15 is 0 Å². The van der Waals surface area contributed by atoms with Gasteiger partial charge in [0.25, 0.3) is 0 Å². The first-order chi connectivity index (χ1) is 19.8. The van der Waals surface area contributed by atoms with Crippen LogP contribution in [0.3, 0.4) is 0 Å². The van der Waals surface area contributed by atoms with Gasteiger partial charge in [-0.25, -0.2) is 9.59 Å². The number of allylic oxidation sites excluding steroid dienone is 3. The van der Waals surface area contributed by atoms with E-state index in [-0.39, 0.29) is 22.3 Å². The third-order valence-corrected chi connectivity index (χ3v) is 11.8. The van der Waals surface area contributed by atoms with Crippen LogP contribution in [0.4, 0.5) is 9.59 Å². The molecule has 0 N–H and O–H groups in total. The zero-order valence-corrected chi connectivity index (χ0v) is 27.3. The van der Waals surface area contributed by atoms with Gasteiger partial charge in [0, 0.05) is 25.4 Å². The predicted octanol–water partition coefficient (Wildman–Crippen LogP) is 7.85. The monoisotopic (exact) mass is 590 g/mol. The molecule has 0 unspecified atom stereocenters. The van der Waals surface area contributed by atoms with Crippen LogP contribution in [-0.4, -0.2) is 58.2 Å². The van der Waals surface area contributed by atoms with Gasteiger partial charge in [0.15, 0.2) is 0 Å². The molecule has 0 radical (unpaired) electrons. The minimum atomic E-state index is -0.715. The minimum absolute atomic E-state index is 0.194. The highest BCUT2D eigenvalue weighted by Gasteiger charge is 2.60. The SMILES string of the molecule is COCOC(C)(C)CC[C@@H](C)[C@H](C)[C@H]1CC[C@H]2C3=CC=C4C[C@@H](OC(=O)OC)C[C@H](OC(=O)OC)[C@]4(C)[C@H]3CC[C@]12C. The van der Waals surface area contributed by atoms with E-state index < -0.39 is 24.5 Å². The molecule has 0 aliphatic heterocycles. The highest BCUT2D eigenvalue weighted by atomic mass is 16.7. The second-order valence-electron chi connectivity index (χ2n) is 14.4. The third kappa shape index (κ3) is 6.26. The van der Waals surface area contributed by atoms with Gasteiger partial charge in [0.2, 0.25) is 0 Å². The van der Waals surface area contributed by atoms with Crippen molar-refractivity contribution in [3.63, 3.8) is 0 Å². The quantitative estimate of drug-likeness (QED) is 0.188. The maximum atomic E-state index is 12.4. The lowest BCUT2D eigenvalue weighted by atomic mass is 9.49. The van der Waals surface area contributed by atoms with Crippen molar-refractivity contribution in [2.45, 2.75) is 111 Å². The molecule has 0 aromatic carbocycles. The number of ether oxygens (including phenoxy) is 6. The van der Waals surface area contributed by atoms with E-state index in [0.717, 1.165) is 25.7 Å². The van der Waals surface area contributed by atoms with E-state index in [4.69, 9.17) is 28.4 Å². The smallest absolute Gasteiger partial charge is 0.438 e. The van der Waals surface area contributed by atoms with Gasteiger partial charge in [-0.05, 0) is 87.4 Å². The molecule has 0 aromatic rings. The summed E-state index contributed by atoms with van der Waals surface area (Å²) < 4.78 is 32.2. The molecule has 8 heteroatoms. The molecule has 0 amide bonds. The summed E-state index contributed by atoms with van der Waals surface area (Å²) in [6.07, 6.45) is 10.1. The lowest BCUT2D eigenvalue weighted by Crippen LogP contribution is -2.54. The van der Waals surface area contributed by atoms with Crippen LogP contribution < -0.4 is 0 Å². The fourth-order valence-electron chi connectivity index (χ4n) is 9.04. The number of hydrogen-bond acceptors (Lipinski definition) is 8. The van der Waals surface area contributed by atoms with Gasteiger partial charge in [0.05, 0.1) is 19.8 Å². The molecule has 8 nitrogen and oxygen atoms in total. The summed E-state index contributed by atoms with van der Waals surface area (Å²) in [5.74, 6) is 2.65. The summed E-state index contributed by atoms with van der Waals surface area (Å²) in [6, 6.07) is 0. The van der Waals surface area contributed by atoms with E-state index in [1.165, 1.54) is 38.2 Å². The molecule has 0 aromatic heterocycles. The van der Waals surface area contributed by atoms with E-state index in [1.54, 1.807) is 7.11 Å².